The molecule has 0 radical (unpaired) electrons. The van der Waals surface area contributed by atoms with Gasteiger partial charge in [0.15, 0.2) is 0 Å². The van der Waals surface area contributed by atoms with Gasteiger partial charge in [-0.05, 0) is 32.6 Å². The second kappa shape index (κ2) is 6.86. The third-order valence-electron chi connectivity index (χ3n) is 2.65. The van der Waals surface area contributed by atoms with Crippen molar-refractivity contribution in [2.45, 2.75) is 64.5 Å². The topological polar surface area (TPSA) is 89.3 Å². The number of carbonyl (C=O) groups excluding carboxylic acids is 1. The third kappa shape index (κ3) is 9.93. The van der Waals surface area contributed by atoms with Crippen molar-refractivity contribution in [3.63, 3.8) is 0 Å². The molecule has 5 N–H and O–H groups in total. The highest BCUT2D eigenvalue weighted by molar-refractivity contribution is 5.74. The summed E-state index contributed by atoms with van der Waals surface area (Å²) < 4.78 is 0. The maximum Gasteiger partial charge on any atom is 0.218 e. The number of nitrogens with two attached hydrogens (primary N) is 2. The predicted octanol–water partition coefficient (Wildman–Crippen LogP) is 1.16. The van der Waals surface area contributed by atoms with Crippen molar-refractivity contribution in [2.24, 2.45) is 17.4 Å². The third-order valence-corrected chi connectivity index (χ3v) is 2.65. The van der Waals surface area contributed by atoms with Crippen molar-refractivity contribution in [2.75, 3.05) is 0 Å². The summed E-state index contributed by atoms with van der Waals surface area (Å²) >= 11 is 0. The Bertz CT molecular complexity index is 212. The second-order valence-corrected chi connectivity index (χ2v) is 5.48. The lowest BCUT2D eigenvalue weighted by molar-refractivity contribution is -0.118. The van der Waals surface area contributed by atoms with Gasteiger partial charge in [0.2, 0.25) is 5.91 Å². The molecule has 2 atom stereocenters. The van der Waals surface area contributed by atoms with Crippen LogP contribution in [-0.2, 0) is 4.79 Å². The monoisotopic (exact) mass is 230 g/mol. The fraction of sp³-hybridized carbons (Fsp3) is 0.917. The van der Waals surface area contributed by atoms with Gasteiger partial charge in [-0.2, -0.15) is 0 Å². The van der Waals surface area contributed by atoms with Gasteiger partial charge in [-0.3, -0.25) is 4.79 Å². The molecular weight excluding hydrogens is 204 g/mol. The molecule has 0 rings (SSSR count). The van der Waals surface area contributed by atoms with E-state index >= 15 is 0 Å². The number of rotatable bonds is 8. The van der Waals surface area contributed by atoms with Crippen molar-refractivity contribution >= 4 is 5.91 Å². The Morgan fingerprint density at radius 1 is 1.44 bits per heavy atom. The highest BCUT2D eigenvalue weighted by Gasteiger charge is 2.15. The van der Waals surface area contributed by atoms with Gasteiger partial charge in [0.05, 0.1) is 5.60 Å². The van der Waals surface area contributed by atoms with Crippen LogP contribution in [0.2, 0.25) is 0 Å². The Morgan fingerprint density at radius 2 is 2.00 bits per heavy atom. The Kier molecular flexibility index (Phi) is 6.60. The van der Waals surface area contributed by atoms with E-state index in [-0.39, 0.29) is 18.4 Å². The van der Waals surface area contributed by atoms with Crippen LogP contribution in [0.15, 0.2) is 0 Å². The van der Waals surface area contributed by atoms with E-state index in [1.165, 1.54) is 0 Å². The first-order chi connectivity index (χ1) is 7.20. The molecule has 0 aromatic carbocycles. The van der Waals surface area contributed by atoms with Gasteiger partial charge in [0.25, 0.3) is 0 Å². The molecule has 2 unspecified atom stereocenters. The number of amides is 1. The van der Waals surface area contributed by atoms with Crippen LogP contribution in [0.5, 0.6) is 0 Å². The fourth-order valence-corrected chi connectivity index (χ4v) is 1.86. The van der Waals surface area contributed by atoms with Gasteiger partial charge in [0.1, 0.15) is 0 Å². The van der Waals surface area contributed by atoms with E-state index < -0.39 is 5.60 Å². The normalized spacial score (nSPS) is 15.8. The van der Waals surface area contributed by atoms with Crippen molar-refractivity contribution in [3.05, 3.63) is 0 Å². The smallest absolute Gasteiger partial charge is 0.218 e. The summed E-state index contributed by atoms with van der Waals surface area (Å²) in [6.07, 6.45) is 3.87. The average Bonchev–Trinajstić information content (AvgIpc) is 1.98. The van der Waals surface area contributed by atoms with Crippen LogP contribution in [0.4, 0.5) is 0 Å². The Labute approximate surface area is 98.4 Å². The minimum Gasteiger partial charge on any atom is -0.390 e. The lowest BCUT2D eigenvalue weighted by Gasteiger charge is -2.19. The second-order valence-electron chi connectivity index (χ2n) is 5.48. The average molecular weight is 230 g/mol. The van der Waals surface area contributed by atoms with Gasteiger partial charge in [-0.15, -0.1) is 0 Å². The first-order valence-corrected chi connectivity index (χ1v) is 5.97. The minimum atomic E-state index is -0.588. The van der Waals surface area contributed by atoms with Gasteiger partial charge in [-0.25, -0.2) is 0 Å². The number of hydrogen-bond donors (Lipinski definition) is 3. The van der Waals surface area contributed by atoms with Gasteiger partial charge >= 0.3 is 0 Å². The first-order valence-electron chi connectivity index (χ1n) is 5.97. The summed E-state index contributed by atoms with van der Waals surface area (Å²) in [5, 5.41) is 9.55. The highest BCUT2D eigenvalue weighted by Crippen LogP contribution is 2.18. The van der Waals surface area contributed by atoms with E-state index in [4.69, 9.17) is 11.5 Å². The summed E-state index contributed by atoms with van der Waals surface area (Å²) in [6, 6.07) is -0.130. The summed E-state index contributed by atoms with van der Waals surface area (Å²) in [5.41, 5.74) is 10.3. The Balaban J connectivity index is 3.66. The zero-order valence-electron chi connectivity index (χ0n) is 10.7. The molecule has 0 bridgehead atoms. The molecule has 0 fully saturated rings. The molecule has 0 aliphatic rings. The highest BCUT2D eigenvalue weighted by atomic mass is 16.3. The predicted molar refractivity (Wildman–Crippen MR) is 65.7 cm³/mol. The lowest BCUT2D eigenvalue weighted by Crippen LogP contribution is -2.29. The van der Waals surface area contributed by atoms with E-state index in [0.717, 1.165) is 25.7 Å². The van der Waals surface area contributed by atoms with Crippen LogP contribution in [0, 0.1) is 5.92 Å². The molecule has 0 aliphatic heterocycles. The molecule has 0 spiro atoms. The van der Waals surface area contributed by atoms with Crippen LogP contribution in [0.25, 0.3) is 0 Å². The Morgan fingerprint density at radius 3 is 2.44 bits per heavy atom. The van der Waals surface area contributed by atoms with Crippen molar-refractivity contribution in [1.29, 1.82) is 0 Å². The largest absolute Gasteiger partial charge is 0.390 e. The van der Waals surface area contributed by atoms with E-state index in [1.54, 1.807) is 0 Å². The maximum atomic E-state index is 10.6. The number of carbonyl (C=O) groups is 1. The van der Waals surface area contributed by atoms with Crippen LogP contribution in [0.1, 0.15) is 52.9 Å². The molecule has 0 saturated carbocycles. The molecule has 0 aromatic heterocycles. The quantitative estimate of drug-likeness (QED) is 0.584. The van der Waals surface area contributed by atoms with Gasteiger partial charge in [-0.1, -0.05) is 19.8 Å². The SMILES string of the molecule is CC(CCCC(C)(C)O)CC(N)CC(N)=O. The van der Waals surface area contributed by atoms with Gasteiger partial charge in [0, 0.05) is 12.5 Å². The van der Waals surface area contributed by atoms with Gasteiger partial charge < -0.3 is 16.6 Å². The fourth-order valence-electron chi connectivity index (χ4n) is 1.86. The summed E-state index contributed by atoms with van der Waals surface area (Å²) in [4.78, 5) is 10.6. The summed E-state index contributed by atoms with van der Waals surface area (Å²) in [5.74, 6) is 0.132. The van der Waals surface area contributed by atoms with Crippen LogP contribution in [0.3, 0.4) is 0 Å². The van der Waals surface area contributed by atoms with Crippen LogP contribution < -0.4 is 11.5 Å². The van der Waals surface area contributed by atoms with E-state index in [1.807, 2.05) is 13.8 Å². The Hall–Kier alpha value is -0.610. The van der Waals surface area contributed by atoms with Crippen molar-refractivity contribution < 1.29 is 9.90 Å². The molecule has 0 aromatic rings. The van der Waals surface area contributed by atoms with Crippen LogP contribution in [-0.4, -0.2) is 22.7 Å². The molecule has 0 heterocycles. The molecular formula is C12H26N2O2. The zero-order chi connectivity index (χ0) is 12.8. The van der Waals surface area contributed by atoms with E-state index in [0.29, 0.717) is 5.92 Å². The molecule has 4 nitrogen and oxygen atoms in total. The summed E-state index contributed by atoms with van der Waals surface area (Å²) in [7, 11) is 0. The number of aliphatic hydroxyl groups is 1. The van der Waals surface area contributed by atoms with Crippen molar-refractivity contribution in [1.82, 2.24) is 0 Å². The molecule has 16 heavy (non-hydrogen) atoms. The molecule has 4 heteroatoms. The van der Waals surface area contributed by atoms with Crippen LogP contribution >= 0.6 is 0 Å². The molecule has 1 amide bonds. The molecule has 96 valence electrons. The number of hydrogen-bond acceptors (Lipinski definition) is 3. The number of primary amides is 1. The summed E-state index contributed by atoms with van der Waals surface area (Å²) in [6.45, 7) is 5.75. The maximum absolute atomic E-state index is 10.6. The molecule has 0 saturated heterocycles. The van der Waals surface area contributed by atoms with Crippen molar-refractivity contribution in [3.8, 4) is 0 Å². The van der Waals surface area contributed by atoms with E-state index in [9.17, 15) is 9.90 Å². The first kappa shape index (κ1) is 15.4. The zero-order valence-corrected chi connectivity index (χ0v) is 10.7. The lowest BCUT2D eigenvalue weighted by atomic mass is 9.92. The minimum absolute atomic E-state index is 0.130. The standard InChI is InChI=1S/C12H26N2O2/c1-9(5-4-6-12(2,3)16)7-10(13)8-11(14)15/h9-10,16H,4-8,13H2,1-3H3,(H2,14,15). The van der Waals surface area contributed by atoms with E-state index in [2.05, 4.69) is 6.92 Å². The molecule has 0 aliphatic carbocycles.